The first-order valence-electron chi connectivity index (χ1n) is 9.95. The Bertz CT molecular complexity index is 836. The van der Waals surface area contributed by atoms with Gasteiger partial charge in [0.05, 0.1) is 0 Å². The van der Waals surface area contributed by atoms with E-state index in [9.17, 15) is 4.79 Å². The SMILES string of the molecule is CCn1c(SC)nnc1-c1nn(C)c2c1CN(C(=O)C1CCCCC1)CC2. The molecule has 0 atom stereocenters. The predicted octanol–water partition coefficient (Wildman–Crippen LogP) is 2.89. The minimum atomic E-state index is 0.211. The zero-order valence-electron chi connectivity index (χ0n) is 16.4. The first-order chi connectivity index (χ1) is 13.1. The molecule has 1 aliphatic carbocycles. The quantitative estimate of drug-likeness (QED) is 0.754. The van der Waals surface area contributed by atoms with E-state index in [1.54, 1.807) is 11.8 Å². The van der Waals surface area contributed by atoms with Crippen LogP contribution in [-0.2, 0) is 31.4 Å². The van der Waals surface area contributed by atoms with Crippen molar-refractivity contribution in [2.45, 2.75) is 63.7 Å². The van der Waals surface area contributed by atoms with Crippen LogP contribution in [0.5, 0.6) is 0 Å². The van der Waals surface area contributed by atoms with Crippen molar-refractivity contribution in [1.29, 1.82) is 0 Å². The summed E-state index contributed by atoms with van der Waals surface area (Å²) in [6.45, 7) is 4.33. The van der Waals surface area contributed by atoms with Crippen LogP contribution in [0.1, 0.15) is 50.3 Å². The number of thioether (sulfide) groups is 1. The van der Waals surface area contributed by atoms with Crippen molar-refractivity contribution >= 4 is 17.7 Å². The number of amides is 1. The van der Waals surface area contributed by atoms with Crippen LogP contribution in [-0.4, -0.2) is 48.2 Å². The second-order valence-corrected chi connectivity index (χ2v) is 8.27. The normalized spacial score (nSPS) is 18.0. The lowest BCUT2D eigenvalue weighted by molar-refractivity contribution is -0.137. The molecule has 27 heavy (non-hydrogen) atoms. The molecule has 0 radical (unpaired) electrons. The maximum Gasteiger partial charge on any atom is 0.225 e. The van der Waals surface area contributed by atoms with Crippen LogP contribution in [0.3, 0.4) is 0 Å². The molecule has 2 aliphatic rings. The van der Waals surface area contributed by atoms with E-state index >= 15 is 0 Å². The number of carbonyl (C=O) groups excluding carboxylic acids is 1. The van der Waals surface area contributed by atoms with Crippen molar-refractivity contribution in [3.8, 4) is 11.5 Å². The molecule has 0 spiro atoms. The van der Waals surface area contributed by atoms with Gasteiger partial charge < -0.3 is 9.47 Å². The largest absolute Gasteiger partial charge is 0.338 e. The van der Waals surface area contributed by atoms with Gasteiger partial charge in [0.1, 0.15) is 5.69 Å². The summed E-state index contributed by atoms with van der Waals surface area (Å²) in [7, 11) is 1.99. The summed E-state index contributed by atoms with van der Waals surface area (Å²) >= 11 is 1.59. The molecule has 0 saturated heterocycles. The van der Waals surface area contributed by atoms with Gasteiger partial charge >= 0.3 is 0 Å². The molecule has 7 nitrogen and oxygen atoms in total. The summed E-state index contributed by atoms with van der Waals surface area (Å²) in [4.78, 5) is 15.1. The van der Waals surface area contributed by atoms with Crippen molar-refractivity contribution in [2.75, 3.05) is 12.8 Å². The molecule has 2 aromatic rings. The van der Waals surface area contributed by atoms with Crippen LogP contribution in [0.2, 0.25) is 0 Å². The highest BCUT2D eigenvalue weighted by Gasteiger charge is 2.32. The number of rotatable bonds is 4. The number of hydrogen-bond acceptors (Lipinski definition) is 5. The Hall–Kier alpha value is -1.83. The molecule has 146 valence electrons. The fourth-order valence-corrected chi connectivity index (χ4v) is 5.03. The molecule has 0 N–H and O–H groups in total. The lowest BCUT2D eigenvalue weighted by Crippen LogP contribution is -2.40. The van der Waals surface area contributed by atoms with Crippen LogP contribution in [0.15, 0.2) is 5.16 Å². The zero-order valence-corrected chi connectivity index (χ0v) is 17.3. The smallest absolute Gasteiger partial charge is 0.225 e. The Kier molecular flexibility index (Phi) is 5.25. The highest BCUT2D eigenvalue weighted by atomic mass is 32.2. The first-order valence-corrected chi connectivity index (χ1v) is 11.2. The van der Waals surface area contributed by atoms with Gasteiger partial charge in [-0.3, -0.25) is 9.48 Å². The molecule has 1 fully saturated rings. The van der Waals surface area contributed by atoms with Gasteiger partial charge in [-0.2, -0.15) is 5.10 Å². The molecule has 8 heteroatoms. The van der Waals surface area contributed by atoms with E-state index in [1.807, 2.05) is 22.9 Å². The molecule has 1 aliphatic heterocycles. The Labute approximate surface area is 164 Å². The van der Waals surface area contributed by atoms with Gasteiger partial charge in [0.15, 0.2) is 11.0 Å². The van der Waals surface area contributed by atoms with E-state index in [-0.39, 0.29) is 5.92 Å². The predicted molar refractivity (Wildman–Crippen MR) is 105 cm³/mol. The third kappa shape index (κ3) is 3.28. The molecule has 0 aromatic carbocycles. The summed E-state index contributed by atoms with van der Waals surface area (Å²) in [6.07, 6.45) is 8.60. The van der Waals surface area contributed by atoms with Crippen molar-refractivity contribution in [3.63, 3.8) is 0 Å². The first kappa shape index (κ1) is 18.5. The number of hydrogen-bond donors (Lipinski definition) is 0. The van der Waals surface area contributed by atoms with Gasteiger partial charge in [0, 0.05) is 50.3 Å². The highest BCUT2D eigenvalue weighted by Crippen LogP contribution is 2.32. The maximum atomic E-state index is 13.1. The fraction of sp³-hybridized carbons (Fsp3) is 0.684. The molecular formula is C19H28N6OS. The average molecular weight is 389 g/mol. The maximum absolute atomic E-state index is 13.1. The number of aromatic nitrogens is 5. The van der Waals surface area contributed by atoms with Crippen LogP contribution in [0.25, 0.3) is 11.5 Å². The van der Waals surface area contributed by atoms with Crippen LogP contribution in [0, 0.1) is 5.92 Å². The second kappa shape index (κ2) is 7.66. The molecule has 0 unspecified atom stereocenters. The van der Waals surface area contributed by atoms with E-state index in [0.717, 1.165) is 54.6 Å². The van der Waals surface area contributed by atoms with Crippen LogP contribution < -0.4 is 0 Å². The van der Waals surface area contributed by atoms with E-state index < -0.39 is 0 Å². The summed E-state index contributed by atoms with van der Waals surface area (Å²) in [5.41, 5.74) is 3.24. The summed E-state index contributed by atoms with van der Waals surface area (Å²) in [6, 6.07) is 0. The third-order valence-electron chi connectivity index (χ3n) is 5.94. The van der Waals surface area contributed by atoms with E-state index in [4.69, 9.17) is 5.10 Å². The molecule has 4 rings (SSSR count). The average Bonchev–Trinajstić information content (AvgIpc) is 3.28. The number of aryl methyl sites for hydroxylation is 1. The number of fused-ring (bicyclic) bond motifs is 1. The summed E-state index contributed by atoms with van der Waals surface area (Å²) in [5, 5.41) is 14.4. The Morgan fingerprint density at radius 1 is 1.22 bits per heavy atom. The topological polar surface area (TPSA) is 68.8 Å². The Morgan fingerprint density at radius 2 is 2.00 bits per heavy atom. The van der Waals surface area contributed by atoms with E-state index in [2.05, 4.69) is 21.7 Å². The monoisotopic (exact) mass is 388 g/mol. The fourth-order valence-electron chi connectivity index (χ4n) is 4.47. The number of nitrogens with zero attached hydrogens (tertiary/aromatic N) is 6. The molecule has 1 amide bonds. The number of carbonyl (C=O) groups is 1. The Morgan fingerprint density at radius 3 is 2.70 bits per heavy atom. The third-order valence-corrected chi connectivity index (χ3v) is 6.60. The standard InChI is InChI=1S/C19H28N6OS/c1-4-25-17(20-21-19(25)27-3)16-14-12-24(11-10-15(14)23(2)22-16)18(26)13-8-6-5-7-9-13/h13H,4-12H2,1-3H3. The summed E-state index contributed by atoms with van der Waals surface area (Å²) in [5.74, 6) is 1.35. The zero-order chi connectivity index (χ0) is 19.0. The van der Waals surface area contributed by atoms with Gasteiger partial charge in [-0.15, -0.1) is 10.2 Å². The van der Waals surface area contributed by atoms with Crippen LogP contribution >= 0.6 is 11.8 Å². The van der Waals surface area contributed by atoms with Crippen molar-refractivity contribution in [3.05, 3.63) is 11.3 Å². The molecular weight excluding hydrogens is 360 g/mol. The Balaban J connectivity index is 1.65. The second-order valence-electron chi connectivity index (χ2n) is 7.50. The van der Waals surface area contributed by atoms with Gasteiger partial charge in [-0.1, -0.05) is 31.0 Å². The minimum absolute atomic E-state index is 0.211. The van der Waals surface area contributed by atoms with Gasteiger partial charge in [-0.05, 0) is 26.0 Å². The van der Waals surface area contributed by atoms with Gasteiger partial charge in [0.25, 0.3) is 0 Å². The summed E-state index contributed by atoms with van der Waals surface area (Å²) < 4.78 is 4.07. The molecule has 2 aromatic heterocycles. The van der Waals surface area contributed by atoms with Crippen molar-refractivity contribution < 1.29 is 4.79 Å². The molecule has 3 heterocycles. The van der Waals surface area contributed by atoms with E-state index in [0.29, 0.717) is 12.5 Å². The van der Waals surface area contributed by atoms with Crippen molar-refractivity contribution in [2.24, 2.45) is 13.0 Å². The van der Waals surface area contributed by atoms with Gasteiger partial charge in [-0.25, -0.2) is 0 Å². The lowest BCUT2D eigenvalue weighted by Gasteiger charge is -2.32. The molecule has 0 bridgehead atoms. The highest BCUT2D eigenvalue weighted by molar-refractivity contribution is 7.98. The molecule has 1 saturated carbocycles. The van der Waals surface area contributed by atoms with Crippen LogP contribution in [0.4, 0.5) is 0 Å². The van der Waals surface area contributed by atoms with Gasteiger partial charge in [0.2, 0.25) is 5.91 Å². The minimum Gasteiger partial charge on any atom is -0.338 e. The van der Waals surface area contributed by atoms with Crippen molar-refractivity contribution in [1.82, 2.24) is 29.4 Å². The van der Waals surface area contributed by atoms with E-state index in [1.165, 1.54) is 25.0 Å². The lowest BCUT2D eigenvalue weighted by atomic mass is 9.87.